The minimum atomic E-state index is -1.82. The average molecular weight is 438 g/mol. The summed E-state index contributed by atoms with van der Waals surface area (Å²) in [6, 6.07) is 5.61. The molecule has 1 aromatic rings. The summed E-state index contributed by atoms with van der Waals surface area (Å²) in [6.07, 6.45) is 2.27. The van der Waals surface area contributed by atoms with Gasteiger partial charge < -0.3 is 25.2 Å². The standard InChI is InChI=1S/C14H20BrClN2O.C2H2O4/c15-13-11-12(16)3-4-14(13)19-10-2-1-7-18-8-5-17-6-9-18;3-1(4)2(5)6/h3-4,11,17H,1-2,5-10H2;(H,3,4)(H,5,6). The van der Waals surface area contributed by atoms with E-state index in [1.165, 1.54) is 26.1 Å². The topological polar surface area (TPSA) is 99.1 Å². The first-order valence-corrected chi connectivity index (χ1v) is 9.04. The number of nitrogens with zero attached hydrogens (tertiary/aromatic N) is 1. The van der Waals surface area contributed by atoms with Crippen LogP contribution >= 0.6 is 27.5 Å². The number of piperazine rings is 1. The SMILES string of the molecule is Clc1ccc(OCCCCN2CCNCC2)c(Br)c1.O=C(O)C(=O)O. The summed E-state index contributed by atoms with van der Waals surface area (Å²) in [5.41, 5.74) is 0. The minimum absolute atomic E-state index is 0.720. The number of rotatable bonds is 6. The second kappa shape index (κ2) is 12.1. The molecule has 0 unspecified atom stereocenters. The summed E-state index contributed by atoms with van der Waals surface area (Å²) in [6.45, 7) is 6.51. The Morgan fingerprint density at radius 2 is 1.84 bits per heavy atom. The normalized spacial score (nSPS) is 14.3. The molecule has 0 radical (unpaired) electrons. The second-order valence-electron chi connectivity index (χ2n) is 5.33. The summed E-state index contributed by atoms with van der Waals surface area (Å²) in [4.78, 5) is 20.7. The maximum Gasteiger partial charge on any atom is 0.414 e. The molecule has 1 aromatic carbocycles. The third-order valence-electron chi connectivity index (χ3n) is 3.41. The fourth-order valence-electron chi connectivity index (χ4n) is 2.15. The summed E-state index contributed by atoms with van der Waals surface area (Å²) in [5, 5.41) is 18.9. The maximum absolute atomic E-state index is 9.10. The molecule has 0 aliphatic carbocycles. The van der Waals surface area contributed by atoms with Gasteiger partial charge in [-0.1, -0.05) is 11.6 Å². The second-order valence-corrected chi connectivity index (χ2v) is 6.62. The van der Waals surface area contributed by atoms with Crippen molar-refractivity contribution in [2.75, 3.05) is 39.3 Å². The van der Waals surface area contributed by atoms with Gasteiger partial charge in [-0.05, 0) is 53.5 Å². The third-order valence-corrected chi connectivity index (χ3v) is 4.27. The quantitative estimate of drug-likeness (QED) is 0.464. The Morgan fingerprint density at radius 1 is 1.20 bits per heavy atom. The van der Waals surface area contributed by atoms with Gasteiger partial charge in [0.1, 0.15) is 5.75 Å². The Morgan fingerprint density at radius 3 is 2.40 bits per heavy atom. The van der Waals surface area contributed by atoms with Gasteiger partial charge in [-0.3, -0.25) is 0 Å². The first-order chi connectivity index (χ1) is 11.9. The highest BCUT2D eigenvalue weighted by Crippen LogP contribution is 2.28. The van der Waals surface area contributed by atoms with Crippen molar-refractivity contribution in [1.82, 2.24) is 10.2 Å². The molecule has 1 fully saturated rings. The Kier molecular flexibility index (Phi) is 10.5. The average Bonchev–Trinajstić information content (AvgIpc) is 2.58. The van der Waals surface area contributed by atoms with Crippen LogP contribution in [0.15, 0.2) is 22.7 Å². The van der Waals surface area contributed by atoms with Crippen LogP contribution in [0.2, 0.25) is 5.02 Å². The number of aliphatic carboxylic acids is 2. The van der Waals surface area contributed by atoms with Gasteiger partial charge >= 0.3 is 11.9 Å². The van der Waals surface area contributed by atoms with Crippen molar-refractivity contribution in [3.63, 3.8) is 0 Å². The van der Waals surface area contributed by atoms with Crippen molar-refractivity contribution in [1.29, 1.82) is 0 Å². The molecule has 1 saturated heterocycles. The number of halogens is 2. The summed E-state index contributed by atoms with van der Waals surface area (Å²) < 4.78 is 6.66. The zero-order valence-electron chi connectivity index (χ0n) is 13.7. The first kappa shape index (κ1) is 21.7. The maximum atomic E-state index is 9.10. The highest BCUT2D eigenvalue weighted by atomic mass is 79.9. The van der Waals surface area contributed by atoms with Gasteiger partial charge in [0.25, 0.3) is 0 Å². The number of benzene rings is 1. The van der Waals surface area contributed by atoms with E-state index in [0.29, 0.717) is 0 Å². The first-order valence-electron chi connectivity index (χ1n) is 7.87. The summed E-state index contributed by atoms with van der Waals surface area (Å²) in [7, 11) is 0. The highest BCUT2D eigenvalue weighted by Gasteiger charge is 2.08. The van der Waals surface area contributed by atoms with Gasteiger partial charge in [-0.2, -0.15) is 0 Å². The molecule has 0 amide bonds. The molecule has 1 aliphatic rings. The molecule has 9 heteroatoms. The molecule has 0 saturated carbocycles. The molecule has 2 rings (SSSR count). The minimum Gasteiger partial charge on any atom is -0.492 e. The Balaban J connectivity index is 0.000000450. The third kappa shape index (κ3) is 9.64. The van der Waals surface area contributed by atoms with Crippen LogP contribution in [-0.4, -0.2) is 66.4 Å². The van der Waals surface area contributed by atoms with Crippen LogP contribution in [-0.2, 0) is 9.59 Å². The number of carbonyl (C=O) groups is 2. The van der Waals surface area contributed by atoms with E-state index in [0.717, 1.165) is 41.4 Å². The zero-order chi connectivity index (χ0) is 18.7. The Hall–Kier alpha value is -1.35. The van der Waals surface area contributed by atoms with Crippen molar-refractivity contribution in [3.8, 4) is 5.75 Å². The Bertz CT molecular complexity index is 555. The van der Waals surface area contributed by atoms with E-state index in [4.69, 9.17) is 36.1 Å². The Labute approximate surface area is 160 Å². The molecule has 0 aromatic heterocycles. The fourth-order valence-corrected chi connectivity index (χ4v) is 2.94. The number of carboxylic acid groups (broad SMARTS) is 2. The number of carboxylic acids is 2. The predicted molar refractivity (Wildman–Crippen MR) is 98.5 cm³/mol. The van der Waals surface area contributed by atoms with Crippen LogP contribution in [0.4, 0.5) is 0 Å². The summed E-state index contributed by atoms with van der Waals surface area (Å²) in [5.74, 6) is -2.78. The van der Waals surface area contributed by atoms with Crippen molar-refractivity contribution in [3.05, 3.63) is 27.7 Å². The van der Waals surface area contributed by atoms with Gasteiger partial charge in [-0.15, -0.1) is 0 Å². The zero-order valence-corrected chi connectivity index (χ0v) is 16.1. The van der Waals surface area contributed by atoms with Gasteiger partial charge in [0, 0.05) is 31.2 Å². The van der Waals surface area contributed by atoms with Crippen LogP contribution in [0.5, 0.6) is 5.75 Å². The van der Waals surface area contributed by atoms with Crippen molar-refractivity contribution in [2.45, 2.75) is 12.8 Å². The van der Waals surface area contributed by atoms with E-state index in [1.54, 1.807) is 0 Å². The number of nitrogens with one attached hydrogen (secondary N) is 1. The van der Waals surface area contributed by atoms with Gasteiger partial charge in [-0.25, -0.2) is 9.59 Å². The molecule has 3 N–H and O–H groups in total. The van der Waals surface area contributed by atoms with Crippen LogP contribution in [0, 0.1) is 0 Å². The lowest BCUT2D eigenvalue weighted by molar-refractivity contribution is -0.159. The van der Waals surface area contributed by atoms with Crippen LogP contribution in [0.25, 0.3) is 0 Å². The van der Waals surface area contributed by atoms with E-state index in [2.05, 4.69) is 26.1 Å². The molecule has 1 heterocycles. The van der Waals surface area contributed by atoms with Crippen molar-refractivity contribution >= 4 is 39.5 Å². The molecule has 0 bridgehead atoms. The molecular weight excluding hydrogens is 416 g/mol. The van der Waals surface area contributed by atoms with Gasteiger partial charge in [0.2, 0.25) is 0 Å². The number of unbranched alkanes of at least 4 members (excludes halogenated alkanes) is 1. The molecule has 0 spiro atoms. The molecule has 25 heavy (non-hydrogen) atoms. The predicted octanol–water partition coefficient (Wildman–Crippen LogP) is 2.32. The highest BCUT2D eigenvalue weighted by molar-refractivity contribution is 9.10. The van der Waals surface area contributed by atoms with Crippen molar-refractivity contribution < 1.29 is 24.5 Å². The van der Waals surface area contributed by atoms with E-state index in [-0.39, 0.29) is 0 Å². The van der Waals surface area contributed by atoms with E-state index in [9.17, 15) is 0 Å². The monoisotopic (exact) mass is 436 g/mol. The van der Waals surface area contributed by atoms with E-state index < -0.39 is 11.9 Å². The lowest BCUT2D eigenvalue weighted by atomic mass is 10.2. The lowest BCUT2D eigenvalue weighted by Gasteiger charge is -2.27. The molecule has 0 atom stereocenters. The lowest BCUT2D eigenvalue weighted by Crippen LogP contribution is -2.43. The van der Waals surface area contributed by atoms with Crippen LogP contribution in [0.3, 0.4) is 0 Å². The molecule has 7 nitrogen and oxygen atoms in total. The number of hydrogen-bond acceptors (Lipinski definition) is 5. The van der Waals surface area contributed by atoms with Crippen LogP contribution < -0.4 is 10.1 Å². The van der Waals surface area contributed by atoms with Gasteiger partial charge in [0.05, 0.1) is 11.1 Å². The molecule has 1 aliphatic heterocycles. The van der Waals surface area contributed by atoms with Gasteiger partial charge in [0.15, 0.2) is 0 Å². The number of hydrogen-bond donors (Lipinski definition) is 3. The summed E-state index contributed by atoms with van der Waals surface area (Å²) >= 11 is 9.34. The fraction of sp³-hybridized carbons (Fsp3) is 0.500. The molecular formula is C16H22BrClN2O5. The smallest absolute Gasteiger partial charge is 0.414 e. The molecule has 140 valence electrons. The number of ether oxygens (including phenoxy) is 1. The largest absolute Gasteiger partial charge is 0.492 e. The van der Waals surface area contributed by atoms with E-state index in [1.807, 2.05) is 18.2 Å². The van der Waals surface area contributed by atoms with Crippen LogP contribution in [0.1, 0.15) is 12.8 Å². The van der Waals surface area contributed by atoms with E-state index >= 15 is 0 Å². The van der Waals surface area contributed by atoms with Crippen molar-refractivity contribution in [2.24, 2.45) is 0 Å².